The summed E-state index contributed by atoms with van der Waals surface area (Å²) in [6, 6.07) is 0. The van der Waals surface area contributed by atoms with Gasteiger partial charge in [-0.15, -0.1) is 0 Å². The minimum absolute atomic E-state index is 0.142. The van der Waals surface area contributed by atoms with Gasteiger partial charge in [0.2, 0.25) is 0 Å². The highest BCUT2D eigenvalue weighted by molar-refractivity contribution is 5.86. The number of allylic oxidation sites excluding steroid dienone is 2. The molecule has 4 nitrogen and oxygen atoms in total. The zero-order valence-corrected chi connectivity index (χ0v) is 10.7. The standard InChI is InChI=1S/C7H9N.C7H10O3/c1-2-8-6-4-3-5-7-8;1-5(2)7(8)10-4-6-3-9-6/h2-6H,1,7H2;6H,1,3-4H2,2H3. The molecule has 2 aliphatic rings. The van der Waals surface area contributed by atoms with Crippen molar-refractivity contribution >= 4 is 5.97 Å². The average molecular weight is 249 g/mol. The van der Waals surface area contributed by atoms with E-state index in [1.807, 2.05) is 23.3 Å². The molecule has 0 spiro atoms. The van der Waals surface area contributed by atoms with Crippen molar-refractivity contribution in [3.63, 3.8) is 0 Å². The molecule has 4 heteroatoms. The molecule has 1 atom stereocenters. The lowest BCUT2D eigenvalue weighted by molar-refractivity contribution is -0.139. The molecule has 0 radical (unpaired) electrons. The lowest BCUT2D eigenvalue weighted by Crippen LogP contribution is -2.09. The van der Waals surface area contributed by atoms with E-state index in [1.165, 1.54) is 0 Å². The molecule has 0 aromatic heterocycles. The van der Waals surface area contributed by atoms with Gasteiger partial charge in [0, 0.05) is 18.3 Å². The van der Waals surface area contributed by atoms with Gasteiger partial charge in [0.15, 0.2) is 0 Å². The van der Waals surface area contributed by atoms with Gasteiger partial charge in [0.05, 0.1) is 6.61 Å². The zero-order chi connectivity index (χ0) is 13.4. The van der Waals surface area contributed by atoms with Gasteiger partial charge in [-0.3, -0.25) is 0 Å². The van der Waals surface area contributed by atoms with Crippen LogP contribution in [0.3, 0.4) is 0 Å². The Bertz CT molecular complexity index is 367. The molecule has 2 rings (SSSR count). The number of hydrogen-bond acceptors (Lipinski definition) is 4. The van der Waals surface area contributed by atoms with Gasteiger partial charge in [0.25, 0.3) is 0 Å². The molecule has 1 saturated heterocycles. The molecule has 98 valence electrons. The fourth-order valence-electron chi connectivity index (χ4n) is 1.07. The van der Waals surface area contributed by atoms with Crippen molar-refractivity contribution in [3.05, 3.63) is 49.4 Å². The molecule has 2 aliphatic heterocycles. The van der Waals surface area contributed by atoms with Crippen LogP contribution in [0.1, 0.15) is 6.92 Å². The highest BCUT2D eigenvalue weighted by Crippen LogP contribution is 2.09. The van der Waals surface area contributed by atoms with Crippen LogP contribution < -0.4 is 0 Å². The Morgan fingerprint density at radius 2 is 2.33 bits per heavy atom. The lowest BCUT2D eigenvalue weighted by atomic mass is 10.4. The van der Waals surface area contributed by atoms with Crippen molar-refractivity contribution < 1.29 is 14.3 Å². The largest absolute Gasteiger partial charge is 0.459 e. The Labute approximate surface area is 108 Å². The summed E-state index contributed by atoms with van der Waals surface area (Å²) in [4.78, 5) is 12.7. The van der Waals surface area contributed by atoms with Crippen LogP contribution in [0.25, 0.3) is 0 Å². The van der Waals surface area contributed by atoms with E-state index in [0.29, 0.717) is 18.8 Å². The van der Waals surface area contributed by atoms with Crippen LogP contribution in [0.5, 0.6) is 0 Å². The first-order valence-corrected chi connectivity index (χ1v) is 5.79. The van der Waals surface area contributed by atoms with Crippen molar-refractivity contribution in [2.75, 3.05) is 19.8 Å². The molecule has 0 aromatic carbocycles. The van der Waals surface area contributed by atoms with E-state index < -0.39 is 0 Å². The first kappa shape index (κ1) is 14.3. The predicted molar refractivity (Wildman–Crippen MR) is 70.7 cm³/mol. The Morgan fingerprint density at radius 3 is 2.72 bits per heavy atom. The van der Waals surface area contributed by atoms with Crippen LogP contribution >= 0.6 is 0 Å². The summed E-state index contributed by atoms with van der Waals surface area (Å²) >= 11 is 0. The maximum Gasteiger partial charge on any atom is 0.333 e. The molecule has 0 aliphatic carbocycles. The van der Waals surface area contributed by atoms with Crippen LogP contribution in [-0.2, 0) is 14.3 Å². The second-order valence-corrected chi connectivity index (χ2v) is 3.98. The molecular formula is C14H19NO3. The first-order valence-electron chi connectivity index (χ1n) is 5.79. The smallest absolute Gasteiger partial charge is 0.333 e. The van der Waals surface area contributed by atoms with Gasteiger partial charge >= 0.3 is 5.97 Å². The predicted octanol–water partition coefficient (Wildman–Crippen LogP) is 2.02. The summed E-state index contributed by atoms with van der Waals surface area (Å²) < 4.78 is 9.60. The Morgan fingerprint density at radius 1 is 1.61 bits per heavy atom. The number of ether oxygens (including phenoxy) is 2. The number of hydrogen-bond donors (Lipinski definition) is 0. The number of rotatable bonds is 4. The highest BCUT2D eigenvalue weighted by Gasteiger charge is 2.24. The number of nitrogens with zero attached hydrogens (tertiary/aromatic N) is 1. The summed E-state index contributed by atoms with van der Waals surface area (Å²) in [6.45, 7) is 10.7. The minimum Gasteiger partial charge on any atom is -0.459 e. The van der Waals surface area contributed by atoms with Gasteiger partial charge < -0.3 is 14.4 Å². The number of carbonyl (C=O) groups excluding carboxylic acids is 1. The van der Waals surface area contributed by atoms with Crippen LogP contribution in [0, 0.1) is 0 Å². The van der Waals surface area contributed by atoms with Crippen molar-refractivity contribution in [1.29, 1.82) is 0 Å². The van der Waals surface area contributed by atoms with E-state index in [2.05, 4.69) is 19.2 Å². The SMILES string of the molecule is C=C(C)C(=O)OCC1CO1.C=CN1C=CC=CC1. The van der Waals surface area contributed by atoms with E-state index in [4.69, 9.17) is 9.47 Å². The van der Waals surface area contributed by atoms with Crippen LogP contribution in [0.15, 0.2) is 49.4 Å². The highest BCUT2D eigenvalue weighted by atomic mass is 16.6. The van der Waals surface area contributed by atoms with E-state index >= 15 is 0 Å². The molecule has 0 amide bonds. The normalized spacial score (nSPS) is 19.6. The zero-order valence-electron chi connectivity index (χ0n) is 10.7. The first-order chi connectivity index (χ1) is 8.63. The maximum absolute atomic E-state index is 10.7. The molecule has 0 aromatic rings. The third kappa shape index (κ3) is 6.06. The molecule has 1 unspecified atom stereocenters. The summed E-state index contributed by atoms with van der Waals surface area (Å²) in [6.07, 6.45) is 10.0. The van der Waals surface area contributed by atoms with Gasteiger partial charge in [0.1, 0.15) is 12.7 Å². The molecule has 18 heavy (non-hydrogen) atoms. The van der Waals surface area contributed by atoms with Crippen LogP contribution in [0.4, 0.5) is 0 Å². The molecule has 0 N–H and O–H groups in total. The lowest BCUT2D eigenvalue weighted by Gasteiger charge is -2.13. The molecule has 2 heterocycles. The summed E-state index contributed by atoms with van der Waals surface area (Å²) in [7, 11) is 0. The van der Waals surface area contributed by atoms with Crippen molar-refractivity contribution in [3.8, 4) is 0 Å². The fourth-order valence-corrected chi connectivity index (χ4v) is 1.07. The van der Waals surface area contributed by atoms with E-state index in [0.717, 1.165) is 6.54 Å². The fraction of sp³-hybridized carbons (Fsp3) is 0.357. The van der Waals surface area contributed by atoms with Crippen molar-refractivity contribution in [1.82, 2.24) is 4.90 Å². The third-order valence-electron chi connectivity index (χ3n) is 2.23. The summed E-state index contributed by atoms with van der Waals surface area (Å²) in [5.41, 5.74) is 0.431. The molecule has 0 saturated carbocycles. The third-order valence-corrected chi connectivity index (χ3v) is 2.23. The van der Waals surface area contributed by atoms with E-state index in [9.17, 15) is 4.79 Å². The van der Waals surface area contributed by atoms with Gasteiger partial charge in [-0.05, 0) is 19.2 Å². The van der Waals surface area contributed by atoms with Crippen LogP contribution in [0.2, 0.25) is 0 Å². The number of epoxide rings is 1. The topological polar surface area (TPSA) is 42.1 Å². The second kappa shape index (κ2) is 7.50. The molecule has 1 fully saturated rings. The van der Waals surface area contributed by atoms with Crippen molar-refractivity contribution in [2.45, 2.75) is 13.0 Å². The van der Waals surface area contributed by atoms with Gasteiger partial charge in [-0.1, -0.05) is 25.3 Å². The molecular weight excluding hydrogens is 230 g/mol. The Kier molecular flexibility index (Phi) is 5.94. The Balaban J connectivity index is 0.000000184. The monoisotopic (exact) mass is 249 g/mol. The number of carbonyl (C=O) groups is 1. The van der Waals surface area contributed by atoms with Gasteiger partial charge in [-0.2, -0.15) is 0 Å². The van der Waals surface area contributed by atoms with Gasteiger partial charge in [-0.25, -0.2) is 4.79 Å². The Hall–Kier alpha value is -1.81. The average Bonchev–Trinajstić information content (AvgIpc) is 3.21. The minimum atomic E-state index is -0.337. The maximum atomic E-state index is 10.7. The summed E-state index contributed by atoms with van der Waals surface area (Å²) in [5.74, 6) is -0.337. The van der Waals surface area contributed by atoms with E-state index in [1.54, 1.807) is 13.1 Å². The van der Waals surface area contributed by atoms with E-state index in [-0.39, 0.29) is 12.1 Å². The van der Waals surface area contributed by atoms with Crippen LogP contribution in [-0.4, -0.2) is 36.7 Å². The second-order valence-electron chi connectivity index (χ2n) is 3.98. The quantitative estimate of drug-likeness (QED) is 0.434. The summed E-state index contributed by atoms with van der Waals surface area (Å²) in [5, 5.41) is 0. The number of esters is 1. The van der Waals surface area contributed by atoms with Crippen molar-refractivity contribution in [2.24, 2.45) is 0 Å². The molecule has 0 bridgehead atoms.